The fourth-order valence-corrected chi connectivity index (χ4v) is 3.97. The van der Waals surface area contributed by atoms with E-state index in [1.54, 1.807) is 12.0 Å². The SMILES string of the molecule is COCC1OC2(CCN(C(=O)OC(C)(C)C)CC2)c2cc(Cl)c(C)cc21. The number of methoxy groups -OCH3 is 1. The molecule has 1 aromatic rings. The molecule has 3 rings (SSSR count). The number of benzene rings is 1. The Hall–Kier alpha value is -1.30. The maximum atomic E-state index is 12.3. The van der Waals surface area contributed by atoms with Gasteiger partial charge < -0.3 is 19.1 Å². The van der Waals surface area contributed by atoms with Gasteiger partial charge in [-0.1, -0.05) is 17.7 Å². The highest BCUT2D eigenvalue weighted by Crippen LogP contribution is 2.50. The lowest BCUT2D eigenvalue weighted by Crippen LogP contribution is -2.47. The van der Waals surface area contributed by atoms with Crippen molar-refractivity contribution in [3.05, 3.63) is 33.8 Å². The summed E-state index contributed by atoms with van der Waals surface area (Å²) in [6.07, 6.45) is 1.08. The molecule has 5 nitrogen and oxygen atoms in total. The van der Waals surface area contributed by atoms with Crippen LogP contribution in [0.5, 0.6) is 0 Å². The number of piperidine rings is 1. The molecule has 1 spiro atoms. The van der Waals surface area contributed by atoms with Crippen LogP contribution >= 0.6 is 11.6 Å². The predicted octanol–water partition coefficient (Wildman–Crippen LogP) is 4.59. The van der Waals surface area contributed by atoms with Crippen molar-refractivity contribution in [1.29, 1.82) is 0 Å². The molecule has 1 aromatic carbocycles. The summed E-state index contributed by atoms with van der Waals surface area (Å²) in [6, 6.07) is 4.14. The molecule has 2 heterocycles. The molecule has 144 valence electrons. The van der Waals surface area contributed by atoms with Gasteiger partial charge in [-0.15, -0.1) is 0 Å². The highest BCUT2D eigenvalue weighted by atomic mass is 35.5. The number of halogens is 1. The van der Waals surface area contributed by atoms with E-state index in [4.69, 9.17) is 25.8 Å². The minimum absolute atomic E-state index is 0.0981. The molecule has 2 aliphatic heterocycles. The van der Waals surface area contributed by atoms with Gasteiger partial charge in [-0.25, -0.2) is 4.79 Å². The fourth-order valence-electron chi connectivity index (χ4n) is 3.80. The zero-order chi connectivity index (χ0) is 19.1. The molecule has 0 aliphatic carbocycles. The Bertz CT molecular complexity index is 690. The highest BCUT2D eigenvalue weighted by molar-refractivity contribution is 6.31. The van der Waals surface area contributed by atoms with Crippen molar-refractivity contribution >= 4 is 17.7 Å². The van der Waals surface area contributed by atoms with Gasteiger partial charge in [0.2, 0.25) is 0 Å². The summed E-state index contributed by atoms with van der Waals surface area (Å²) < 4.78 is 17.3. The number of hydrogen-bond acceptors (Lipinski definition) is 4. The van der Waals surface area contributed by atoms with Gasteiger partial charge in [0.05, 0.1) is 12.2 Å². The van der Waals surface area contributed by atoms with Gasteiger partial charge in [0, 0.05) is 25.2 Å². The monoisotopic (exact) mass is 381 g/mol. The summed E-state index contributed by atoms with van der Waals surface area (Å²) in [4.78, 5) is 14.1. The van der Waals surface area contributed by atoms with Gasteiger partial charge >= 0.3 is 6.09 Å². The summed E-state index contributed by atoms with van der Waals surface area (Å²) >= 11 is 6.40. The number of carbonyl (C=O) groups is 1. The molecule has 0 bridgehead atoms. The van der Waals surface area contributed by atoms with Crippen molar-refractivity contribution < 1.29 is 19.0 Å². The molecule has 0 aromatic heterocycles. The van der Waals surface area contributed by atoms with Crippen molar-refractivity contribution in [2.45, 2.75) is 57.8 Å². The Labute approximate surface area is 160 Å². The maximum absolute atomic E-state index is 12.3. The number of ether oxygens (including phenoxy) is 3. The van der Waals surface area contributed by atoms with E-state index in [2.05, 4.69) is 6.07 Å². The van der Waals surface area contributed by atoms with Crippen molar-refractivity contribution in [3.8, 4) is 0 Å². The highest BCUT2D eigenvalue weighted by Gasteiger charge is 2.48. The molecule has 6 heteroatoms. The predicted molar refractivity (Wildman–Crippen MR) is 101 cm³/mol. The summed E-state index contributed by atoms with van der Waals surface area (Å²) in [5, 5.41) is 0.749. The first-order valence-electron chi connectivity index (χ1n) is 9.10. The Kier molecular flexibility index (Phi) is 5.26. The van der Waals surface area contributed by atoms with Crippen LogP contribution in [0.15, 0.2) is 12.1 Å². The zero-order valence-corrected chi connectivity index (χ0v) is 17.0. The molecule has 0 radical (unpaired) electrons. The largest absolute Gasteiger partial charge is 0.444 e. The van der Waals surface area contributed by atoms with Crippen LogP contribution in [-0.2, 0) is 19.8 Å². The van der Waals surface area contributed by atoms with Crippen molar-refractivity contribution in [2.75, 3.05) is 26.8 Å². The minimum Gasteiger partial charge on any atom is -0.444 e. The second-order valence-corrected chi connectivity index (χ2v) is 8.62. The van der Waals surface area contributed by atoms with Gasteiger partial charge in [0.15, 0.2) is 0 Å². The normalized spacial score (nSPS) is 21.8. The van der Waals surface area contributed by atoms with E-state index in [1.165, 1.54) is 0 Å². The number of rotatable bonds is 2. The Balaban J connectivity index is 1.81. The molecule has 1 unspecified atom stereocenters. The molecule has 1 atom stereocenters. The van der Waals surface area contributed by atoms with Gasteiger partial charge in [-0.05, 0) is 63.3 Å². The molecule has 2 aliphatic rings. The molecule has 0 saturated carbocycles. The van der Waals surface area contributed by atoms with Crippen LogP contribution in [0.2, 0.25) is 5.02 Å². The molecule has 0 N–H and O–H groups in total. The average Bonchev–Trinajstić information content (AvgIpc) is 2.81. The number of fused-ring (bicyclic) bond motifs is 2. The first kappa shape index (κ1) is 19.5. The molecular weight excluding hydrogens is 354 g/mol. The number of aryl methyl sites for hydroxylation is 1. The third-order valence-electron chi connectivity index (χ3n) is 5.08. The number of carbonyl (C=O) groups excluding carboxylic acids is 1. The smallest absolute Gasteiger partial charge is 0.410 e. The van der Waals surface area contributed by atoms with Crippen LogP contribution in [0, 0.1) is 6.92 Å². The van der Waals surface area contributed by atoms with Crippen LogP contribution in [-0.4, -0.2) is 43.4 Å². The number of nitrogens with zero attached hydrogens (tertiary/aromatic N) is 1. The van der Waals surface area contributed by atoms with E-state index in [9.17, 15) is 4.79 Å². The third kappa shape index (κ3) is 3.71. The fraction of sp³-hybridized carbons (Fsp3) is 0.650. The quantitative estimate of drug-likeness (QED) is 0.751. The first-order chi connectivity index (χ1) is 12.1. The number of hydrogen-bond donors (Lipinski definition) is 0. The molecule has 26 heavy (non-hydrogen) atoms. The van der Waals surface area contributed by atoms with Crippen molar-refractivity contribution in [1.82, 2.24) is 4.90 Å². The zero-order valence-electron chi connectivity index (χ0n) is 16.2. The number of likely N-dealkylation sites (tertiary alicyclic amines) is 1. The Morgan fingerprint density at radius 2 is 2.00 bits per heavy atom. The van der Waals surface area contributed by atoms with Gasteiger partial charge in [-0.2, -0.15) is 0 Å². The van der Waals surface area contributed by atoms with E-state index in [-0.39, 0.29) is 12.2 Å². The van der Waals surface area contributed by atoms with Gasteiger partial charge in [-0.3, -0.25) is 0 Å². The van der Waals surface area contributed by atoms with E-state index in [1.807, 2.05) is 33.8 Å². The Morgan fingerprint density at radius 3 is 2.58 bits per heavy atom. The summed E-state index contributed by atoms with van der Waals surface area (Å²) in [5.41, 5.74) is 2.43. The van der Waals surface area contributed by atoms with Crippen LogP contribution in [0.3, 0.4) is 0 Å². The topological polar surface area (TPSA) is 48.0 Å². The first-order valence-corrected chi connectivity index (χ1v) is 9.48. The van der Waals surface area contributed by atoms with Crippen LogP contribution < -0.4 is 0 Å². The van der Waals surface area contributed by atoms with Crippen LogP contribution in [0.1, 0.15) is 56.4 Å². The maximum Gasteiger partial charge on any atom is 0.410 e. The minimum atomic E-state index is -0.489. The van der Waals surface area contributed by atoms with E-state index in [0.29, 0.717) is 19.7 Å². The second-order valence-electron chi connectivity index (χ2n) is 8.21. The van der Waals surface area contributed by atoms with Crippen molar-refractivity contribution in [2.24, 2.45) is 0 Å². The van der Waals surface area contributed by atoms with Gasteiger partial charge in [0.1, 0.15) is 11.7 Å². The van der Waals surface area contributed by atoms with E-state index >= 15 is 0 Å². The van der Waals surface area contributed by atoms with E-state index < -0.39 is 11.2 Å². The van der Waals surface area contributed by atoms with Crippen LogP contribution in [0.4, 0.5) is 4.79 Å². The summed E-state index contributed by atoms with van der Waals surface area (Å²) in [7, 11) is 1.68. The lowest BCUT2D eigenvalue weighted by molar-refractivity contribution is -0.124. The lowest BCUT2D eigenvalue weighted by atomic mass is 9.83. The molecular formula is C20H28ClNO4. The molecule has 1 saturated heterocycles. The summed E-state index contributed by atoms with van der Waals surface area (Å²) in [5.74, 6) is 0. The van der Waals surface area contributed by atoms with Crippen molar-refractivity contribution in [3.63, 3.8) is 0 Å². The average molecular weight is 382 g/mol. The molecule has 1 amide bonds. The second kappa shape index (κ2) is 7.02. The Morgan fingerprint density at radius 1 is 1.35 bits per heavy atom. The lowest BCUT2D eigenvalue weighted by Gasteiger charge is -2.40. The number of amides is 1. The van der Waals surface area contributed by atoms with Gasteiger partial charge in [0.25, 0.3) is 0 Å². The van der Waals surface area contributed by atoms with Crippen LogP contribution in [0.25, 0.3) is 0 Å². The third-order valence-corrected chi connectivity index (χ3v) is 5.48. The standard InChI is InChI=1S/C20H28ClNO4/c1-13-10-14-15(11-16(13)21)20(25-17(14)12-24-5)6-8-22(9-7-20)18(23)26-19(2,3)4/h10-11,17H,6-9,12H2,1-5H3. The molecule has 1 fully saturated rings. The summed E-state index contributed by atoms with van der Waals surface area (Å²) in [6.45, 7) is 9.35. The van der Waals surface area contributed by atoms with E-state index in [0.717, 1.165) is 34.6 Å².